The summed E-state index contributed by atoms with van der Waals surface area (Å²) in [4.78, 5) is 163. The van der Waals surface area contributed by atoms with Gasteiger partial charge in [0.25, 0.3) is 0 Å². The molecule has 3 aromatic carbocycles. The molecule has 0 radical (unpaired) electrons. The standard InChI is InChI=1S/C64H86N10O24/c1-28(2)19-38(59(90)69-37-21-47(97-29(3)52(37)83)98-44-23-64(95,45(81)27-78)22-34-49(44)56(87)51-50(54(34)85)53(84)33-9-8-11-43(96-5)48(33)55(51)86)70-61(92)40(24-75)73-63(94)42(26-77)74-62(93)41(25-76)72-58(89)36(16-17-46(66)82)68-60(91)39(20-31-12-14-32(80)15-13-31)71-57(88)35(67-30(4)79)10-6-7-18-65/h8-9,11-15,28-29,35-42,44,47,52,75-78,80,83,85,87,95H,6-7,10,16-27,65H2,1-5H3,(H2,66,82)(H,67,79)(H,68,91)(H,69,90)(H,70,92)(H,71,88)(H,72,89)(H,73,94)(H,74,93)/t29-,35-,36-,37-,38-,39-,40-,41-,42-,44-,47-,52+,64-/m0/s1. The second-order valence-corrected chi connectivity index (χ2v) is 24.6. The summed E-state index contributed by atoms with van der Waals surface area (Å²) in [7, 11) is 1.24. The van der Waals surface area contributed by atoms with Gasteiger partial charge < -0.3 is 114 Å². The van der Waals surface area contributed by atoms with E-state index in [0.717, 1.165) is 0 Å². The summed E-state index contributed by atoms with van der Waals surface area (Å²) >= 11 is 0. The van der Waals surface area contributed by atoms with Crippen molar-refractivity contribution >= 4 is 70.5 Å². The number of Topliss-reactive ketones (excluding diaryl/α,β-unsaturated/α-hetero) is 1. The number of carbonyl (C=O) groups is 12. The number of aliphatic hydroxyl groups is 6. The van der Waals surface area contributed by atoms with Crippen LogP contribution in [0.15, 0.2) is 42.5 Å². The molecule has 98 heavy (non-hydrogen) atoms. The predicted molar refractivity (Wildman–Crippen MR) is 339 cm³/mol. The number of fused-ring (bicyclic) bond motifs is 3. The highest BCUT2D eigenvalue weighted by molar-refractivity contribution is 6.31. The maximum Gasteiger partial charge on any atom is 0.245 e. The first-order valence-electron chi connectivity index (χ1n) is 31.6. The predicted octanol–water partition coefficient (Wildman–Crippen LogP) is -5.06. The number of primary amides is 1. The van der Waals surface area contributed by atoms with Gasteiger partial charge in [0, 0.05) is 55.7 Å². The first kappa shape index (κ1) is 77.7. The number of hydrogen-bond acceptors (Lipinski definition) is 25. The molecule has 0 unspecified atom stereocenters. The number of hydrogen-bond donors (Lipinski definition) is 19. The van der Waals surface area contributed by atoms with Crippen molar-refractivity contribution in [3.05, 3.63) is 81.4 Å². The number of aromatic hydroxyl groups is 3. The van der Waals surface area contributed by atoms with E-state index < -0.39 is 230 Å². The highest BCUT2D eigenvalue weighted by Gasteiger charge is 2.51. The van der Waals surface area contributed by atoms with E-state index in [9.17, 15) is 103 Å². The molecule has 1 aliphatic heterocycles. The SMILES string of the molecule is COc1cccc2c1C(=O)c1c(O)c3c(c(O)c1C2=O)C[C@@](O)(C(=O)CO)C[C@@H]3O[C@H]1C[C@H](NC(=O)[C@H](CC(C)C)NC(=O)[C@H](CO)NC(=O)[C@H](CO)NC(=O)[C@H](CO)NC(=O)[C@H](CCC(N)=O)NC(=O)[C@H](Cc2ccc(O)cc2)NC(=O)[C@H](CCCCN)NC(C)=O)[C@H](O)[C@H](C)O1. The number of amides is 9. The van der Waals surface area contributed by atoms with E-state index in [2.05, 4.69) is 42.5 Å². The average Bonchev–Trinajstić information content (AvgIpc) is 0.711. The number of carbonyl (C=O) groups excluding carboxylic acids is 12. The highest BCUT2D eigenvalue weighted by atomic mass is 16.7. The lowest BCUT2D eigenvalue weighted by Gasteiger charge is -2.43. The fourth-order valence-corrected chi connectivity index (χ4v) is 11.7. The summed E-state index contributed by atoms with van der Waals surface area (Å²) < 4.78 is 17.6. The zero-order chi connectivity index (χ0) is 72.6. The fourth-order valence-electron chi connectivity index (χ4n) is 11.7. The molecule has 6 rings (SSSR count). The maximum absolute atomic E-state index is 14.3. The van der Waals surface area contributed by atoms with Crippen molar-refractivity contribution in [3.8, 4) is 23.0 Å². The van der Waals surface area contributed by atoms with Gasteiger partial charge >= 0.3 is 0 Å². The first-order chi connectivity index (χ1) is 46.3. The summed E-state index contributed by atoms with van der Waals surface area (Å²) in [5.41, 5.74) is 6.45. The molecular weight excluding hydrogens is 1290 g/mol. The van der Waals surface area contributed by atoms with Gasteiger partial charge in [0.05, 0.1) is 61.9 Å². The number of phenols is 3. The lowest BCUT2D eigenvalue weighted by Crippen LogP contribution is -2.62. The monoisotopic (exact) mass is 1380 g/mol. The number of phenolic OH excluding ortho intramolecular Hbond substituents is 3. The lowest BCUT2D eigenvalue weighted by molar-refractivity contribution is -0.249. The Morgan fingerprint density at radius 2 is 1.20 bits per heavy atom. The second kappa shape index (κ2) is 34.8. The number of ether oxygens (including phenoxy) is 3. The minimum atomic E-state index is -2.52. The molecule has 536 valence electrons. The molecule has 3 aromatic rings. The Morgan fingerprint density at radius 3 is 1.73 bits per heavy atom. The number of nitrogens with one attached hydrogen (secondary N) is 8. The molecule has 0 spiro atoms. The topological polar surface area (TPSA) is 563 Å². The Balaban J connectivity index is 1.14. The van der Waals surface area contributed by atoms with Crippen LogP contribution in [-0.2, 0) is 70.3 Å². The van der Waals surface area contributed by atoms with Crippen LogP contribution in [0.5, 0.6) is 23.0 Å². The van der Waals surface area contributed by atoms with Gasteiger partial charge in [-0.15, -0.1) is 0 Å². The van der Waals surface area contributed by atoms with Crippen LogP contribution < -0.4 is 58.7 Å². The molecule has 2 aliphatic carbocycles. The van der Waals surface area contributed by atoms with Crippen molar-refractivity contribution in [2.45, 2.75) is 170 Å². The molecule has 34 nitrogen and oxygen atoms in total. The third-order valence-electron chi connectivity index (χ3n) is 16.8. The smallest absolute Gasteiger partial charge is 0.245 e. The summed E-state index contributed by atoms with van der Waals surface area (Å²) in [6.07, 6.45) is -8.24. The second-order valence-electron chi connectivity index (χ2n) is 24.6. The Hall–Kier alpha value is -9.26. The van der Waals surface area contributed by atoms with Gasteiger partial charge in [-0.25, -0.2) is 0 Å². The van der Waals surface area contributed by atoms with Crippen LogP contribution in [0.2, 0.25) is 0 Å². The molecule has 34 heteroatoms. The number of aliphatic hydroxyl groups excluding tert-OH is 5. The average molecular weight is 1380 g/mol. The van der Waals surface area contributed by atoms with Gasteiger partial charge in [0.15, 0.2) is 17.9 Å². The van der Waals surface area contributed by atoms with Gasteiger partial charge in [-0.05, 0) is 75.3 Å². The Kier molecular flexibility index (Phi) is 27.6. The number of unbranched alkanes of at least 4 members (excludes halogenated alkanes) is 1. The van der Waals surface area contributed by atoms with Crippen molar-refractivity contribution in [2.75, 3.05) is 40.1 Å². The van der Waals surface area contributed by atoms with Gasteiger partial charge in [-0.1, -0.05) is 38.1 Å². The van der Waals surface area contributed by atoms with Crippen molar-refractivity contribution < 1.29 is 118 Å². The molecule has 21 N–H and O–H groups in total. The maximum atomic E-state index is 14.3. The van der Waals surface area contributed by atoms with Crippen LogP contribution in [-0.4, -0.2) is 229 Å². The van der Waals surface area contributed by atoms with Gasteiger partial charge in [-0.3, -0.25) is 57.5 Å². The van der Waals surface area contributed by atoms with Crippen LogP contribution in [0.4, 0.5) is 0 Å². The zero-order valence-corrected chi connectivity index (χ0v) is 54.5. The van der Waals surface area contributed by atoms with Crippen molar-refractivity contribution in [2.24, 2.45) is 17.4 Å². The van der Waals surface area contributed by atoms with Gasteiger partial charge in [0.2, 0.25) is 58.9 Å². The van der Waals surface area contributed by atoms with E-state index in [1.807, 2.05) is 0 Å². The van der Waals surface area contributed by atoms with Crippen LogP contribution in [0.3, 0.4) is 0 Å². The van der Waals surface area contributed by atoms with E-state index in [4.69, 9.17) is 25.7 Å². The summed E-state index contributed by atoms with van der Waals surface area (Å²) in [6.45, 7) is 1.45. The molecule has 1 heterocycles. The lowest BCUT2D eigenvalue weighted by atomic mass is 9.72. The minimum Gasteiger partial charge on any atom is -0.508 e. The molecular formula is C64H86N10O24. The summed E-state index contributed by atoms with van der Waals surface area (Å²) in [5.74, 6) is -14.5. The Morgan fingerprint density at radius 1 is 0.673 bits per heavy atom. The van der Waals surface area contributed by atoms with E-state index in [0.29, 0.717) is 18.4 Å². The molecule has 0 bridgehead atoms. The van der Waals surface area contributed by atoms with Crippen LogP contribution >= 0.6 is 0 Å². The molecule has 13 atom stereocenters. The number of ketones is 3. The van der Waals surface area contributed by atoms with Crippen molar-refractivity contribution in [3.63, 3.8) is 0 Å². The molecule has 9 amide bonds. The molecule has 1 saturated heterocycles. The molecule has 3 aliphatic rings. The van der Waals surface area contributed by atoms with E-state index in [1.54, 1.807) is 13.8 Å². The third kappa shape index (κ3) is 19.1. The third-order valence-corrected chi connectivity index (χ3v) is 16.8. The fraction of sp³-hybridized carbons (Fsp3) is 0.531. The zero-order valence-electron chi connectivity index (χ0n) is 54.5. The minimum absolute atomic E-state index is 0.0323. The highest BCUT2D eigenvalue weighted by Crippen LogP contribution is 2.52. The molecule has 1 fully saturated rings. The molecule has 0 saturated carbocycles. The largest absolute Gasteiger partial charge is 0.508 e. The number of methoxy groups -OCH3 is 1. The number of rotatable bonds is 34. The van der Waals surface area contributed by atoms with Crippen LogP contribution in [0.25, 0.3) is 0 Å². The van der Waals surface area contributed by atoms with Gasteiger partial charge in [0.1, 0.15) is 83.6 Å². The summed E-state index contributed by atoms with van der Waals surface area (Å²) in [6, 6.07) is -3.39. The molecule has 0 aromatic heterocycles. The Bertz CT molecular complexity index is 3480. The number of benzene rings is 3. The van der Waals surface area contributed by atoms with Crippen LogP contribution in [0.1, 0.15) is 134 Å². The van der Waals surface area contributed by atoms with Crippen molar-refractivity contribution in [1.82, 2.24) is 42.5 Å². The van der Waals surface area contributed by atoms with Crippen LogP contribution in [0, 0.1) is 5.92 Å². The first-order valence-corrected chi connectivity index (χ1v) is 31.6. The van der Waals surface area contributed by atoms with E-state index in [1.165, 1.54) is 63.4 Å². The van der Waals surface area contributed by atoms with Gasteiger partial charge in [-0.2, -0.15) is 0 Å². The van der Waals surface area contributed by atoms with E-state index in [-0.39, 0.29) is 65.5 Å². The number of nitrogens with two attached hydrogens (primary N) is 2. The van der Waals surface area contributed by atoms with Crippen molar-refractivity contribution in [1.29, 1.82) is 0 Å². The summed E-state index contributed by atoms with van der Waals surface area (Å²) in [5, 5.41) is 117. The van der Waals surface area contributed by atoms with E-state index >= 15 is 0 Å². The quantitative estimate of drug-likeness (QED) is 0.0154. The normalized spacial score (nSPS) is 20.8. The Labute approximate surface area is 561 Å².